The predicted octanol–water partition coefficient (Wildman–Crippen LogP) is 3.43. The van der Waals surface area contributed by atoms with E-state index < -0.39 is 12.1 Å². The molecule has 2 aromatic carbocycles. The van der Waals surface area contributed by atoms with Gasteiger partial charge >= 0.3 is 5.97 Å². The van der Waals surface area contributed by atoms with E-state index in [1.54, 1.807) is 55.5 Å². The molecule has 0 saturated carbocycles. The number of aromatic amines is 1. The van der Waals surface area contributed by atoms with Gasteiger partial charge in [-0.25, -0.2) is 4.98 Å². The Morgan fingerprint density at radius 1 is 1.15 bits per heavy atom. The Kier molecular flexibility index (Phi) is 5.81. The Morgan fingerprint density at radius 2 is 1.85 bits per heavy atom. The molecule has 1 heterocycles. The fraction of sp³-hybridized carbons (Fsp3) is 0.200. The zero-order chi connectivity index (χ0) is 19.4. The second kappa shape index (κ2) is 8.26. The zero-order valence-electron chi connectivity index (χ0n) is 14.6. The summed E-state index contributed by atoms with van der Waals surface area (Å²) in [6.07, 6.45) is -0.653. The SMILES string of the molecule is C[C@H](OC(=O)CCc1nc2ccccc2c(=O)[nH]1)C(=O)c1ccc(Br)cc1. The van der Waals surface area contributed by atoms with Crippen molar-refractivity contribution in [1.29, 1.82) is 0 Å². The van der Waals surface area contributed by atoms with Crippen LogP contribution in [0.3, 0.4) is 0 Å². The Labute approximate surface area is 163 Å². The predicted molar refractivity (Wildman–Crippen MR) is 105 cm³/mol. The van der Waals surface area contributed by atoms with Gasteiger partial charge in [-0.2, -0.15) is 0 Å². The molecule has 0 fully saturated rings. The fourth-order valence-electron chi connectivity index (χ4n) is 2.63. The molecular weight excluding hydrogens is 412 g/mol. The van der Waals surface area contributed by atoms with Crippen LogP contribution in [0, 0.1) is 0 Å². The van der Waals surface area contributed by atoms with Crippen molar-refractivity contribution in [3.63, 3.8) is 0 Å². The molecular formula is C20H17BrN2O4. The molecule has 3 aromatic rings. The van der Waals surface area contributed by atoms with Gasteiger partial charge in [0.2, 0.25) is 5.78 Å². The molecule has 0 saturated heterocycles. The van der Waals surface area contributed by atoms with Crippen LogP contribution in [0.15, 0.2) is 57.8 Å². The summed E-state index contributed by atoms with van der Waals surface area (Å²) >= 11 is 3.31. The van der Waals surface area contributed by atoms with E-state index in [1.807, 2.05) is 0 Å². The molecule has 7 heteroatoms. The summed E-state index contributed by atoms with van der Waals surface area (Å²) < 4.78 is 6.08. The number of hydrogen-bond donors (Lipinski definition) is 1. The highest BCUT2D eigenvalue weighted by atomic mass is 79.9. The van der Waals surface area contributed by atoms with Crippen LogP contribution in [0.2, 0.25) is 0 Å². The molecule has 1 N–H and O–H groups in total. The lowest BCUT2D eigenvalue weighted by Gasteiger charge is -2.12. The smallest absolute Gasteiger partial charge is 0.306 e. The number of Topliss-reactive ketones (excluding diaryl/α,β-unsaturated/α-hetero) is 1. The number of H-pyrrole nitrogens is 1. The molecule has 3 rings (SSSR count). The summed E-state index contributed by atoms with van der Waals surface area (Å²) in [5.41, 5.74) is 0.796. The van der Waals surface area contributed by atoms with E-state index in [0.29, 0.717) is 22.3 Å². The largest absolute Gasteiger partial charge is 0.454 e. The lowest BCUT2D eigenvalue weighted by Crippen LogP contribution is -2.24. The number of rotatable bonds is 6. The van der Waals surface area contributed by atoms with Gasteiger partial charge in [-0.3, -0.25) is 14.4 Å². The molecule has 0 radical (unpaired) electrons. The molecule has 138 valence electrons. The number of ketones is 1. The van der Waals surface area contributed by atoms with Gasteiger partial charge in [0.05, 0.1) is 17.3 Å². The maximum absolute atomic E-state index is 12.3. The number of hydrogen-bond acceptors (Lipinski definition) is 5. The fourth-order valence-corrected chi connectivity index (χ4v) is 2.90. The van der Waals surface area contributed by atoms with E-state index in [9.17, 15) is 14.4 Å². The number of fused-ring (bicyclic) bond motifs is 1. The van der Waals surface area contributed by atoms with Gasteiger partial charge in [0, 0.05) is 16.5 Å². The zero-order valence-corrected chi connectivity index (χ0v) is 16.2. The van der Waals surface area contributed by atoms with Crippen LogP contribution in [0.1, 0.15) is 29.5 Å². The van der Waals surface area contributed by atoms with Crippen LogP contribution in [-0.4, -0.2) is 27.8 Å². The van der Waals surface area contributed by atoms with Gasteiger partial charge in [-0.05, 0) is 31.2 Å². The second-order valence-electron chi connectivity index (χ2n) is 6.03. The van der Waals surface area contributed by atoms with Crippen molar-refractivity contribution in [2.24, 2.45) is 0 Å². The summed E-state index contributed by atoms with van der Waals surface area (Å²) in [6.45, 7) is 1.54. The summed E-state index contributed by atoms with van der Waals surface area (Å²) in [7, 11) is 0. The van der Waals surface area contributed by atoms with Crippen LogP contribution in [-0.2, 0) is 16.0 Å². The summed E-state index contributed by atoms with van der Waals surface area (Å²) in [5, 5.41) is 0.498. The minimum Gasteiger partial charge on any atom is -0.454 e. The molecule has 0 aliphatic carbocycles. The van der Waals surface area contributed by atoms with Crippen LogP contribution in [0.4, 0.5) is 0 Å². The number of carbonyl (C=O) groups is 2. The molecule has 6 nitrogen and oxygen atoms in total. The maximum atomic E-state index is 12.3. The Balaban J connectivity index is 1.60. The van der Waals surface area contributed by atoms with Gasteiger partial charge in [0.15, 0.2) is 6.10 Å². The Bertz CT molecular complexity index is 1040. The number of aromatic nitrogens is 2. The van der Waals surface area contributed by atoms with Crippen LogP contribution in [0.25, 0.3) is 10.9 Å². The van der Waals surface area contributed by atoms with Crippen LogP contribution >= 0.6 is 15.9 Å². The highest BCUT2D eigenvalue weighted by Gasteiger charge is 2.19. The van der Waals surface area contributed by atoms with Crippen LogP contribution in [0.5, 0.6) is 0 Å². The third kappa shape index (κ3) is 4.68. The average molecular weight is 429 g/mol. The van der Waals surface area contributed by atoms with E-state index in [0.717, 1.165) is 4.47 Å². The van der Waals surface area contributed by atoms with E-state index in [4.69, 9.17) is 4.74 Å². The summed E-state index contributed by atoms with van der Waals surface area (Å²) in [4.78, 5) is 43.4. The third-order valence-corrected chi connectivity index (χ3v) is 4.56. The lowest BCUT2D eigenvalue weighted by molar-refractivity contribution is -0.146. The molecule has 0 unspecified atom stereocenters. The average Bonchev–Trinajstić information content (AvgIpc) is 2.66. The first-order valence-electron chi connectivity index (χ1n) is 8.41. The molecule has 27 heavy (non-hydrogen) atoms. The first kappa shape index (κ1) is 19.0. The van der Waals surface area contributed by atoms with Gasteiger partial charge in [-0.1, -0.05) is 40.2 Å². The minimum atomic E-state index is -0.887. The van der Waals surface area contributed by atoms with Crippen molar-refractivity contribution in [3.8, 4) is 0 Å². The number of para-hydroxylation sites is 1. The second-order valence-corrected chi connectivity index (χ2v) is 6.95. The lowest BCUT2D eigenvalue weighted by atomic mass is 10.1. The van der Waals surface area contributed by atoms with Gasteiger partial charge < -0.3 is 9.72 Å². The van der Waals surface area contributed by atoms with Crippen molar-refractivity contribution >= 4 is 38.6 Å². The van der Waals surface area contributed by atoms with Crippen molar-refractivity contribution in [3.05, 3.63) is 74.7 Å². The molecule has 0 aliphatic rings. The highest BCUT2D eigenvalue weighted by Crippen LogP contribution is 2.13. The van der Waals surface area contributed by atoms with Gasteiger partial charge in [0.25, 0.3) is 5.56 Å². The van der Waals surface area contributed by atoms with Crippen molar-refractivity contribution in [2.45, 2.75) is 25.9 Å². The van der Waals surface area contributed by atoms with Gasteiger partial charge in [-0.15, -0.1) is 0 Å². The Hall–Kier alpha value is -2.80. The van der Waals surface area contributed by atoms with Crippen LogP contribution < -0.4 is 5.56 Å². The quantitative estimate of drug-likeness (QED) is 0.479. The van der Waals surface area contributed by atoms with E-state index in [1.165, 1.54) is 0 Å². The number of nitrogens with one attached hydrogen (secondary N) is 1. The molecule has 1 aromatic heterocycles. The normalized spacial score (nSPS) is 11.9. The first-order chi connectivity index (χ1) is 12.9. The van der Waals surface area contributed by atoms with Crippen molar-refractivity contribution in [1.82, 2.24) is 9.97 Å². The van der Waals surface area contributed by atoms with Gasteiger partial charge in [0.1, 0.15) is 5.82 Å². The summed E-state index contributed by atoms with van der Waals surface area (Å²) in [5.74, 6) is -0.389. The third-order valence-electron chi connectivity index (χ3n) is 4.03. The molecule has 0 amide bonds. The monoisotopic (exact) mass is 428 g/mol. The number of halogens is 1. The first-order valence-corrected chi connectivity index (χ1v) is 9.20. The highest BCUT2D eigenvalue weighted by molar-refractivity contribution is 9.10. The standard InChI is InChI=1S/C20H17BrN2O4/c1-12(19(25)13-6-8-14(21)9-7-13)27-18(24)11-10-17-22-16-5-3-2-4-15(16)20(26)23-17/h2-9,12H,10-11H2,1H3,(H,22,23,26)/t12-/m0/s1. The Morgan fingerprint density at radius 3 is 2.59 bits per heavy atom. The number of benzene rings is 2. The molecule has 0 aliphatic heterocycles. The van der Waals surface area contributed by atoms with Crippen molar-refractivity contribution in [2.75, 3.05) is 0 Å². The topological polar surface area (TPSA) is 89.1 Å². The number of ether oxygens (including phenoxy) is 1. The molecule has 0 bridgehead atoms. The van der Waals surface area contributed by atoms with E-state index in [2.05, 4.69) is 25.9 Å². The number of nitrogens with zero attached hydrogens (tertiary/aromatic N) is 1. The maximum Gasteiger partial charge on any atom is 0.306 e. The van der Waals surface area contributed by atoms with Crippen molar-refractivity contribution < 1.29 is 14.3 Å². The molecule has 1 atom stereocenters. The van der Waals surface area contributed by atoms with E-state index in [-0.39, 0.29) is 24.2 Å². The number of esters is 1. The van der Waals surface area contributed by atoms with E-state index >= 15 is 0 Å². The molecule has 0 spiro atoms. The number of carbonyl (C=O) groups excluding carboxylic acids is 2. The summed E-state index contributed by atoms with van der Waals surface area (Å²) in [6, 6.07) is 13.8. The number of aryl methyl sites for hydroxylation is 1. The minimum absolute atomic E-state index is 0.0131.